The largest absolute Gasteiger partial charge is 0.497 e. The Labute approximate surface area is 172 Å². The number of nitrogens with zero attached hydrogens (tertiary/aromatic N) is 1. The number of benzene rings is 2. The quantitative estimate of drug-likeness (QED) is 0.674. The van der Waals surface area contributed by atoms with Crippen LogP contribution in [0.3, 0.4) is 0 Å². The molecule has 0 aliphatic heterocycles. The molecule has 0 fully saturated rings. The van der Waals surface area contributed by atoms with Gasteiger partial charge < -0.3 is 14.8 Å². The molecule has 0 aliphatic carbocycles. The van der Waals surface area contributed by atoms with Crippen LogP contribution in [0.2, 0.25) is 0 Å². The molecule has 7 nitrogen and oxygen atoms in total. The Morgan fingerprint density at radius 2 is 1.76 bits per heavy atom. The van der Waals surface area contributed by atoms with Gasteiger partial charge in [0.25, 0.3) is 0 Å². The van der Waals surface area contributed by atoms with Crippen molar-refractivity contribution in [1.82, 2.24) is 9.62 Å². The van der Waals surface area contributed by atoms with E-state index in [9.17, 15) is 13.2 Å². The highest BCUT2D eigenvalue weighted by molar-refractivity contribution is 7.88. The maximum atomic E-state index is 12.6. The van der Waals surface area contributed by atoms with Crippen molar-refractivity contribution in [3.05, 3.63) is 59.2 Å². The zero-order chi connectivity index (χ0) is 21.6. The molecular weight excluding hydrogens is 392 g/mol. The van der Waals surface area contributed by atoms with Crippen molar-refractivity contribution in [3.63, 3.8) is 0 Å². The first-order valence-corrected chi connectivity index (χ1v) is 11.0. The number of sulfonamides is 1. The molecule has 2 aromatic carbocycles. The number of carbonyl (C=O) groups excluding carboxylic acids is 1. The van der Waals surface area contributed by atoms with Gasteiger partial charge in [0.15, 0.2) is 0 Å². The zero-order valence-electron chi connectivity index (χ0n) is 17.4. The lowest BCUT2D eigenvalue weighted by molar-refractivity contribution is -0.122. The molecule has 0 saturated heterocycles. The van der Waals surface area contributed by atoms with Crippen molar-refractivity contribution in [3.8, 4) is 11.5 Å². The van der Waals surface area contributed by atoms with Gasteiger partial charge in [-0.15, -0.1) is 0 Å². The van der Waals surface area contributed by atoms with Crippen molar-refractivity contribution in [1.29, 1.82) is 0 Å². The van der Waals surface area contributed by atoms with Crippen molar-refractivity contribution in [2.24, 2.45) is 0 Å². The maximum absolute atomic E-state index is 12.6. The molecule has 2 aromatic rings. The predicted octanol–water partition coefficient (Wildman–Crippen LogP) is 2.65. The first-order valence-electron chi connectivity index (χ1n) is 9.16. The Morgan fingerprint density at radius 1 is 1.10 bits per heavy atom. The van der Waals surface area contributed by atoms with Gasteiger partial charge in [-0.2, -0.15) is 4.31 Å². The predicted molar refractivity (Wildman–Crippen MR) is 113 cm³/mol. The van der Waals surface area contributed by atoms with E-state index in [0.29, 0.717) is 11.5 Å². The first-order chi connectivity index (χ1) is 13.6. The van der Waals surface area contributed by atoms with E-state index in [-0.39, 0.29) is 13.1 Å². The Kier molecular flexibility index (Phi) is 7.64. The molecule has 0 saturated carbocycles. The molecule has 8 heteroatoms. The summed E-state index contributed by atoms with van der Waals surface area (Å²) in [4.78, 5) is 12.6. The Morgan fingerprint density at radius 3 is 2.31 bits per heavy atom. The van der Waals surface area contributed by atoms with Crippen LogP contribution >= 0.6 is 0 Å². The lowest BCUT2D eigenvalue weighted by Crippen LogP contribution is -2.40. The molecule has 0 radical (unpaired) electrons. The number of aryl methyl sites for hydroxylation is 1. The standard InChI is InChI=1S/C21H28N2O5S/c1-15-6-8-17(9-7-15)13-23(29(5,25)26)14-21(24)22-16(2)19-12-18(27-3)10-11-20(19)28-4/h6-12,16H,13-14H2,1-5H3,(H,22,24). The number of ether oxygens (including phenoxy) is 2. The molecule has 158 valence electrons. The summed E-state index contributed by atoms with van der Waals surface area (Å²) in [5.74, 6) is 0.845. The van der Waals surface area contributed by atoms with Crippen LogP contribution in [-0.4, -0.2) is 45.7 Å². The van der Waals surface area contributed by atoms with Gasteiger partial charge in [-0.3, -0.25) is 4.79 Å². The Bertz CT molecular complexity index is 942. The van der Waals surface area contributed by atoms with Crippen LogP contribution in [0.15, 0.2) is 42.5 Å². The van der Waals surface area contributed by atoms with E-state index < -0.39 is 22.0 Å². The van der Waals surface area contributed by atoms with E-state index in [0.717, 1.165) is 27.3 Å². The molecule has 1 amide bonds. The van der Waals surface area contributed by atoms with Crippen LogP contribution in [0.1, 0.15) is 29.7 Å². The van der Waals surface area contributed by atoms with Gasteiger partial charge >= 0.3 is 0 Å². The minimum atomic E-state index is -3.56. The second-order valence-electron chi connectivity index (χ2n) is 6.91. The van der Waals surface area contributed by atoms with Crippen LogP contribution in [0, 0.1) is 6.92 Å². The van der Waals surface area contributed by atoms with Crippen molar-refractivity contribution >= 4 is 15.9 Å². The monoisotopic (exact) mass is 420 g/mol. The number of hydrogen-bond donors (Lipinski definition) is 1. The fourth-order valence-electron chi connectivity index (χ4n) is 2.89. The van der Waals surface area contributed by atoms with Crippen molar-refractivity contribution in [2.45, 2.75) is 26.4 Å². The lowest BCUT2D eigenvalue weighted by atomic mass is 10.1. The van der Waals surface area contributed by atoms with E-state index in [1.165, 1.54) is 0 Å². The SMILES string of the molecule is COc1ccc(OC)c(C(C)NC(=O)CN(Cc2ccc(C)cc2)S(C)(=O)=O)c1. The fourth-order valence-corrected chi connectivity index (χ4v) is 3.63. The molecule has 0 heterocycles. The van der Waals surface area contributed by atoms with Gasteiger partial charge in [0, 0.05) is 12.1 Å². The number of nitrogens with one attached hydrogen (secondary N) is 1. The molecule has 1 N–H and O–H groups in total. The van der Waals surface area contributed by atoms with Crippen LogP contribution < -0.4 is 14.8 Å². The third kappa shape index (κ3) is 6.47. The van der Waals surface area contributed by atoms with Crippen LogP contribution in [0.25, 0.3) is 0 Å². The van der Waals surface area contributed by atoms with Crippen molar-refractivity contribution in [2.75, 3.05) is 27.0 Å². The molecule has 1 atom stereocenters. The van der Waals surface area contributed by atoms with Gasteiger partial charge in [-0.05, 0) is 37.6 Å². The number of rotatable bonds is 9. The highest BCUT2D eigenvalue weighted by Gasteiger charge is 2.22. The highest BCUT2D eigenvalue weighted by Crippen LogP contribution is 2.29. The first kappa shape index (κ1) is 22.7. The molecule has 29 heavy (non-hydrogen) atoms. The molecule has 1 unspecified atom stereocenters. The van der Waals surface area contributed by atoms with Crippen LogP contribution in [0.5, 0.6) is 11.5 Å². The third-order valence-corrected chi connectivity index (χ3v) is 5.75. The molecule has 0 spiro atoms. The van der Waals surface area contributed by atoms with E-state index in [1.807, 2.05) is 31.2 Å². The van der Waals surface area contributed by atoms with Crippen molar-refractivity contribution < 1.29 is 22.7 Å². The Balaban J connectivity index is 2.12. The van der Waals surface area contributed by atoms with E-state index >= 15 is 0 Å². The summed E-state index contributed by atoms with van der Waals surface area (Å²) in [6.45, 7) is 3.62. The molecule has 2 rings (SSSR count). The average Bonchev–Trinajstić information content (AvgIpc) is 2.67. The van der Waals surface area contributed by atoms with E-state index in [4.69, 9.17) is 9.47 Å². The minimum Gasteiger partial charge on any atom is -0.497 e. The highest BCUT2D eigenvalue weighted by atomic mass is 32.2. The summed E-state index contributed by atoms with van der Waals surface area (Å²) in [5, 5.41) is 2.84. The molecule has 0 aliphatic rings. The van der Waals surface area contributed by atoms with E-state index in [1.54, 1.807) is 39.3 Å². The lowest BCUT2D eigenvalue weighted by Gasteiger charge is -2.22. The second-order valence-corrected chi connectivity index (χ2v) is 8.90. The fraction of sp³-hybridized carbons (Fsp3) is 0.381. The molecule has 0 bridgehead atoms. The summed E-state index contributed by atoms with van der Waals surface area (Å²) in [7, 11) is -0.457. The van der Waals surface area contributed by atoms with Gasteiger partial charge in [0.1, 0.15) is 11.5 Å². The van der Waals surface area contributed by atoms with Crippen LogP contribution in [-0.2, 0) is 21.4 Å². The van der Waals surface area contributed by atoms with Gasteiger partial charge in [0.2, 0.25) is 15.9 Å². The van der Waals surface area contributed by atoms with E-state index in [2.05, 4.69) is 5.32 Å². The minimum absolute atomic E-state index is 0.128. The topological polar surface area (TPSA) is 84.9 Å². The number of methoxy groups -OCH3 is 2. The summed E-state index contributed by atoms with van der Waals surface area (Å²) in [6.07, 6.45) is 1.10. The zero-order valence-corrected chi connectivity index (χ0v) is 18.2. The number of amides is 1. The summed E-state index contributed by atoms with van der Waals surface area (Å²) < 4.78 is 36.1. The summed E-state index contributed by atoms with van der Waals surface area (Å²) >= 11 is 0. The smallest absolute Gasteiger partial charge is 0.235 e. The van der Waals surface area contributed by atoms with Crippen LogP contribution in [0.4, 0.5) is 0 Å². The van der Waals surface area contributed by atoms with Gasteiger partial charge in [0.05, 0.1) is 33.1 Å². The summed E-state index contributed by atoms with van der Waals surface area (Å²) in [5.41, 5.74) is 2.64. The third-order valence-electron chi connectivity index (χ3n) is 4.55. The second kappa shape index (κ2) is 9.76. The Hall–Kier alpha value is -2.58. The number of carbonyl (C=O) groups is 1. The van der Waals surface area contributed by atoms with Gasteiger partial charge in [-0.1, -0.05) is 29.8 Å². The molecular formula is C21H28N2O5S. The maximum Gasteiger partial charge on any atom is 0.235 e. The molecule has 0 aromatic heterocycles. The normalized spacial score (nSPS) is 12.5. The average molecular weight is 421 g/mol. The number of hydrogen-bond acceptors (Lipinski definition) is 5. The van der Waals surface area contributed by atoms with Gasteiger partial charge in [-0.25, -0.2) is 8.42 Å². The summed E-state index contributed by atoms with van der Waals surface area (Å²) in [6, 6.07) is 12.4.